The van der Waals surface area contributed by atoms with Crippen LogP contribution < -0.4 is 10.1 Å². The number of hydrogen-bond acceptors (Lipinski definition) is 3. The number of anilines is 1. The summed E-state index contributed by atoms with van der Waals surface area (Å²) in [5.41, 5.74) is 3.41. The fourth-order valence-corrected chi connectivity index (χ4v) is 3.53. The van der Waals surface area contributed by atoms with Crippen molar-refractivity contribution in [2.24, 2.45) is 5.92 Å². The summed E-state index contributed by atoms with van der Waals surface area (Å²) in [6.45, 7) is 7.44. The van der Waals surface area contributed by atoms with Crippen molar-refractivity contribution in [3.8, 4) is 5.75 Å². The normalized spacial score (nSPS) is 17.7. The first-order valence-corrected chi connectivity index (χ1v) is 9.47. The molecule has 1 aliphatic heterocycles. The number of ether oxygens (including phenoxy) is 1. The molecule has 26 heavy (non-hydrogen) atoms. The minimum absolute atomic E-state index is 0.0162. The molecule has 0 saturated carbocycles. The lowest BCUT2D eigenvalue weighted by atomic mass is 9.96. The van der Waals surface area contributed by atoms with E-state index in [0.29, 0.717) is 6.61 Å². The summed E-state index contributed by atoms with van der Waals surface area (Å²) < 4.78 is 5.61. The van der Waals surface area contributed by atoms with Crippen LogP contribution in [0.4, 0.5) is 5.69 Å². The van der Waals surface area contributed by atoms with E-state index in [-0.39, 0.29) is 11.8 Å². The van der Waals surface area contributed by atoms with E-state index in [4.69, 9.17) is 4.74 Å². The zero-order chi connectivity index (χ0) is 18.4. The van der Waals surface area contributed by atoms with Crippen LogP contribution in [0.2, 0.25) is 0 Å². The van der Waals surface area contributed by atoms with Crippen LogP contribution in [0.5, 0.6) is 5.75 Å². The summed E-state index contributed by atoms with van der Waals surface area (Å²) in [4.78, 5) is 15.2. The van der Waals surface area contributed by atoms with Gasteiger partial charge in [0, 0.05) is 13.1 Å². The van der Waals surface area contributed by atoms with Gasteiger partial charge in [-0.05, 0) is 56.5 Å². The highest BCUT2D eigenvalue weighted by atomic mass is 16.5. The highest BCUT2D eigenvalue weighted by Gasteiger charge is 2.26. The van der Waals surface area contributed by atoms with Crippen molar-refractivity contribution >= 4 is 11.6 Å². The number of piperidine rings is 1. The van der Waals surface area contributed by atoms with Crippen molar-refractivity contribution in [1.82, 2.24) is 4.90 Å². The summed E-state index contributed by atoms with van der Waals surface area (Å²) in [5, 5.41) is 3.07. The highest BCUT2D eigenvalue weighted by molar-refractivity contribution is 5.94. The molecular weight excluding hydrogens is 324 g/mol. The van der Waals surface area contributed by atoms with Gasteiger partial charge in [0.05, 0.1) is 18.2 Å². The Hall–Kier alpha value is -2.33. The quantitative estimate of drug-likeness (QED) is 0.845. The predicted molar refractivity (Wildman–Crippen MR) is 105 cm³/mol. The number of benzene rings is 2. The molecule has 1 saturated heterocycles. The van der Waals surface area contributed by atoms with Gasteiger partial charge in [-0.25, -0.2) is 0 Å². The van der Waals surface area contributed by atoms with E-state index in [0.717, 1.165) is 43.9 Å². The van der Waals surface area contributed by atoms with Gasteiger partial charge in [0.2, 0.25) is 5.91 Å². The Kier molecular flexibility index (Phi) is 6.29. The van der Waals surface area contributed by atoms with Crippen molar-refractivity contribution in [1.29, 1.82) is 0 Å². The molecule has 1 unspecified atom stereocenters. The number of carbonyl (C=O) groups is 1. The molecular formula is C22H28N2O2. The Morgan fingerprint density at radius 3 is 2.77 bits per heavy atom. The molecule has 4 heteroatoms. The molecule has 0 radical (unpaired) electrons. The van der Waals surface area contributed by atoms with Gasteiger partial charge < -0.3 is 10.1 Å². The Balaban J connectivity index is 1.62. The minimum Gasteiger partial charge on any atom is -0.492 e. The Morgan fingerprint density at radius 1 is 1.19 bits per heavy atom. The zero-order valence-electron chi connectivity index (χ0n) is 15.7. The average molecular weight is 352 g/mol. The van der Waals surface area contributed by atoms with E-state index < -0.39 is 0 Å². The van der Waals surface area contributed by atoms with Gasteiger partial charge in [-0.1, -0.05) is 36.4 Å². The average Bonchev–Trinajstić information content (AvgIpc) is 2.66. The molecule has 0 aliphatic carbocycles. The number of nitrogens with one attached hydrogen (secondary N) is 1. The number of hydrogen-bond donors (Lipinski definition) is 1. The second-order valence-corrected chi connectivity index (χ2v) is 6.92. The van der Waals surface area contributed by atoms with Crippen LogP contribution in [0.15, 0.2) is 48.5 Å². The summed E-state index contributed by atoms with van der Waals surface area (Å²) >= 11 is 0. The molecule has 0 aromatic heterocycles. The Labute approximate surface area is 156 Å². The van der Waals surface area contributed by atoms with E-state index in [1.165, 1.54) is 11.1 Å². The van der Waals surface area contributed by atoms with E-state index in [1.54, 1.807) is 0 Å². The van der Waals surface area contributed by atoms with Crippen LogP contribution in [0, 0.1) is 12.8 Å². The van der Waals surface area contributed by atoms with Crippen LogP contribution in [0.1, 0.15) is 30.9 Å². The molecule has 4 nitrogen and oxygen atoms in total. The number of rotatable bonds is 6. The third-order valence-electron chi connectivity index (χ3n) is 4.98. The van der Waals surface area contributed by atoms with E-state index in [9.17, 15) is 4.79 Å². The molecule has 1 atom stereocenters. The van der Waals surface area contributed by atoms with E-state index >= 15 is 0 Å². The van der Waals surface area contributed by atoms with Gasteiger partial charge in [-0.3, -0.25) is 9.69 Å². The first-order chi connectivity index (χ1) is 12.7. The van der Waals surface area contributed by atoms with Gasteiger partial charge in [-0.15, -0.1) is 0 Å². The SMILES string of the molecule is CCOc1ccccc1NC(=O)C1CCCN(Cc2ccccc2C)C1. The largest absolute Gasteiger partial charge is 0.492 e. The number of carbonyl (C=O) groups excluding carboxylic acids is 1. The number of para-hydroxylation sites is 2. The third kappa shape index (κ3) is 4.64. The Morgan fingerprint density at radius 2 is 1.96 bits per heavy atom. The lowest BCUT2D eigenvalue weighted by Crippen LogP contribution is -2.40. The number of amides is 1. The first kappa shape index (κ1) is 18.5. The van der Waals surface area contributed by atoms with Gasteiger partial charge in [0.25, 0.3) is 0 Å². The fraction of sp³-hybridized carbons (Fsp3) is 0.409. The van der Waals surface area contributed by atoms with Gasteiger partial charge in [-0.2, -0.15) is 0 Å². The van der Waals surface area contributed by atoms with Crippen molar-refractivity contribution < 1.29 is 9.53 Å². The van der Waals surface area contributed by atoms with Crippen molar-refractivity contribution in [3.05, 3.63) is 59.7 Å². The van der Waals surface area contributed by atoms with Crippen LogP contribution in [-0.4, -0.2) is 30.5 Å². The summed E-state index contributed by atoms with van der Waals surface area (Å²) in [6, 6.07) is 16.1. The van der Waals surface area contributed by atoms with E-state index in [2.05, 4.69) is 41.4 Å². The third-order valence-corrected chi connectivity index (χ3v) is 4.98. The maximum Gasteiger partial charge on any atom is 0.228 e. The molecule has 1 N–H and O–H groups in total. The number of aryl methyl sites for hydroxylation is 1. The Bertz CT molecular complexity index is 744. The molecule has 2 aromatic carbocycles. The second-order valence-electron chi connectivity index (χ2n) is 6.92. The highest BCUT2D eigenvalue weighted by Crippen LogP contribution is 2.26. The van der Waals surface area contributed by atoms with Crippen molar-refractivity contribution in [2.45, 2.75) is 33.2 Å². The summed E-state index contributed by atoms with van der Waals surface area (Å²) in [6.07, 6.45) is 1.99. The zero-order valence-corrected chi connectivity index (χ0v) is 15.7. The summed E-state index contributed by atoms with van der Waals surface area (Å²) in [5.74, 6) is 0.838. The smallest absolute Gasteiger partial charge is 0.228 e. The molecule has 138 valence electrons. The van der Waals surface area contributed by atoms with Crippen molar-refractivity contribution in [3.63, 3.8) is 0 Å². The monoisotopic (exact) mass is 352 g/mol. The number of likely N-dealkylation sites (tertiary alicyclic amines) is 1. The molecule has 0 bridgehead atoms. The lowest BCUT2D eigenvalue weighted by molar-refractivity contribution is -0.121. The number of nitrogens with zero attached hydrogens (tertiary/aromatic N) is 1. The van der Waals surface area contributed by atoms with Crippen LogP contribution in [0.25, 0.3) is 0 Å². The topological polar surface area (TPSA) is 41.6 Å². The molecule has 2 aromatic rings. The molecule has 1 amide bonds. The van der Waals surface area contributed by atoms with Gasteiger partial charge in [0.1, 0.15) is 5.75 Å². The van der Waals surface area contributed by atoms with Crippen LogP contribution in [-0.2, 0) is 11.3 Å². The molecule has 1 fully saturated rings. The van der Waals surface area contributed by atoms with Gasteiger partial charge in [0.15, 0.2) is 0 Å². The summed E-state index contributed by atoms with van der Waals surface area (Å²) in [7, 11) is 0. The van der Waals surface area contributed by atoms with Crippen LogP contribution in [0.3, 0.4) is 0 Å². The first-order valence-electron chi connectivity index (χ1n) is 9.47. The molecule has 1 aliphatic rings. The van der Waals surface area contributed by atoms with Crippen molar-refractivity contribution in [2.75, 3.05) is 25.0 Å². The molecule has 0 spiro atoms. The fourth-order valence-electron chi connectivity index (χ4n) is 3.53. The lowest BCUT2D eigenvalue weighted by Gasteiger charge is -2.32. The standard InChI is InChI=1S/C22H28N2O2/c1-3-26-21-13-7-6-12-20(21)23-22(25)19-11-8-14-24(16-19)15-18-10-5-4-9-17(18)2/h4-7,9-10,12-13,19H,3,8,11,14-16H2,1-2H3,(H,23,25). The second kappa shape index (κ2) is 8.86. The van der Waals surface area contributed by atoms with Crippen LogP contribution >= 0.6 is 0 Å². The maximum atomic E-state index is 12.8. The minimum atomic E-state index is 0.0162. The molecule has 3 rings (SSSR count). The predicted octanol–water partition coefficient (Wildman–Crippen LogP) is 4.24. The van der Waals surface area contributed by atoms with Gasteiger partial charge >= 0.3 is 0 Å². The molecule has 1 heterocycles. The maximum absolute atomic E-state index is 12.8. The van der Waals surface area contributed by atoms with E-state index in [1.807, 2.05) is 31.2 Å².